The Kier molecular flexibility index (Phi) is 6.29. The van der Waals surface area contributed by atoms with Crippen molar-refractivity contribution in [2.75, 3.05) is 5.73 Å². The molecule has 0 spiro atoms. The summed E-state index contributed by atoms with van der Waals surface area (Å²) in [5.41, 5.74) is 7.98. The molecule has 0 amide bonds. The van der Waals surface area contributed by atoms with E-state index in [1.54, 1.807) is 6.07 Å². The van der Waals surface area contributed by atoms with E-state index in [1.807, 2.05) is 19.1 Å². The fourth-order valence-corrected chi connectivity index (χ4v) is 3.37. The lowest BCUT2D eigenvalue weighted by Gasteiger charge is -2.28. The van der Waals surface area contributed by atoms with Crippen molar-refractivity contribution in [1.29, 1.82) is 0 Å². The number of unbranched alkanes of at least 4 members (excludes halogenated alkanes) is 2. The van der Waals surface area contributed by atoms with Crippen LogP contribution in [0.1, 0.15) is 74.2 Å². The fraction of sp³-hybridized carbons (Fsp3) is 0.632. The van der Waals surface area contributed by atoms with Gasteiger partial charge in [-0.1, -0.05) is 32.6 Å². The Balaban J connectivity index is 1.79. The zero-order valence-electron chi connectivity index (χ0n) is 13.9. The maximum Gasteiger partial charge on any atom is 0.338 e. The van der Waals surface area contributed by atoms with Gasteiger partial charge in [0.15, 0.2) is 0 Å². The van der Waals surface area contributed by atoms with Crippen LogP contribution in [0.5, 0.6) is 0 Å². The van der Waals surface area contributed by atoms with Gasteiger partial charge in [-0.2, -0.15) is 0 Å². The number of benzene rings is 1. The van der Waals surface area contributed by atoms with E-state index in [4.69, 9.17) is 10.5 Å². The van der Waals surface area contributed by atoms with Crippen LogP contribution in [-0.2, 0) is 4.74 Å². The number of carbonyl (C=O) groups excluding carboxylic acids is 1. The number of esters is 1. The van der Waals surface area contributed by atoms with Crippen LogP contribution >= 0.6 is 0 Å². The van der Waals surface area contributed by atoms with Crippen LogP contribution in [0.15, 0.2) is 18.2 Å². The lowest BCUT2D eigenvalue weighted by atomic mass is 9.84. The molecular weight excluding hydrogens is 274 g/mol. The number of anilines is 1. The first kappa shape index (κ1) is 16.9. The summed E-state index contributed by atoms with van der Waals surface area (Å²) < 4.78 is 5.67. The molecule has 0 atom stereocenters. The number of nitrogens with two attached hydrogens (primary N) is 1. The van der Waals surface area contributed by atoms with E-state index in [-0.39, 0.29) is 12.1 Å². The van der Waals surface area contributed by atoms with Crippen LogP contribution in [0.25, 0.3) is 0 Å². The molecule has 3 heteroatoms. The largest absolute Gasteiger partial charge is 0.459 e. The minimum absolute atomic E-state index is 0.0802. The lowest BCUT2D eigenvalue weighted by molar-refractivity contribution is 0.0161. The lowest BCUT2D eigenvalue weighted by Crippen LogP contribution is -2.24. The van der Waals surface area contributed by atoms with Crippen molar-refractivity contribution in [3.05, 3.63) is 29.3 Å². The van der Waals surface area contributed by atoms with E-state index in [2.05, 4.69) is 6.92 Å². The Labute approximate surface area is 134 Å². The second-order valence-electron chi connectivity index (χ2n) is 6.68. The average Bonchev–Trinajstić information content (AvgIpc) is 2.48. The third-order valence-electron chi connectivity index (χ3n) is 4.62. The maximum absolute atomic E-state index is 12.2. The standard InChI is InChI=1S/C19H29NO2/c1-3-4-5-6-15-7-9-18(10-8-15)22-19(21)16-11-14(2)12-17(20)13-16/h11-13,15,18H,3-10,20H2,1-2H3. The van der Waals surface area contributed by atoms with Gasteiger partial charge < -0.3 is 10.5 Å². The molecule has 0 aliphatic heterocycles. The SMILES string of the molecule is CCCCCC1CCC(OC(=O)c2cc(C)cc(N)c2)CC1. The molecule has 0 aromatic heterocycles. The van der Waals surface area contributed by atoms with Gasteiger partial charge in [0.25, 0.3) is 0 Å². The van der Waals surface area contributed by atoms with Crippen molar-refractivity contribution in [2.24, 2.45) is 5.92 Å². The van der Waals surface area contributed by atoms with E-state index in [0.29, 0.717) is 11.3 Å². The second-order valence-corrected chi connectivity index (χ2v) is 6.68. The van der Waals surface area contributed by atoms with E-state index in [9.17, 15) is 4.79 Å². The third-order valence-corrected chi connectivity index (χ3v) is 4.62. The molecule has 1 fully saturated rings. The molecule has 22 heavy (non-hydrogen) atoms. The van der Waals surface area contributed by atoms with Gasteiger partial charge in [-0.25, -0.2) is 4.79 Å². The first-order chi connectivity index (χ1) is 10.6. The van der Waals surface area contributed by atoms with E-state index in [0.717, 1.165) is 24.3 Å². The summed E-state index contributed by atoms with van der Waals surface area (Å²) >= 11 is 0. The van der Waals surface area contributed by atoms with Crippen molar-refractivity contribution in [3.63, 3.8) is 0 Å². The number of hydrogen-bond donors (Lipinski definition) is 1. The summed E-state index contributed by atoms with van der Waals surface area (Å²) in [5, 5.41) is 0. The van der Waals surface area contributed by atoms with Gasteiger partial charge in [-0.3, -0.25) is 0 Å². The van der Waals surface area contributed by atoms with Crippen LogP contribution in [0, 0.1) is 12.8 Å². The van der Waals surface area contributed by atoms with Gasteiger partial charge in [0.1, 0.15) is 6.10 Å². The fourth-order valence-electron chi connectivity index (χ4n) is 3.37. The van der Waals surface area contributed by atoms with Crippen molar-refractivity contribution >= 4 is 11.7 Å². The van der Waals surface area contributed by atoms with Crippen molar-refractivity contribution in [2.45, 2.75) is 71.3 Å². The number of rotatable bonds is 6. The molecular formula is C19H29NO2. The monoisotopic (exact) mass is 303 g/mol. The molecule has 2 N–H and O–H groups in total. The highest BCUT2D eigenvalue weighted by Crippen LogP contribution is 2.30. The molecule has 2 rings (SSSR count). The molecule has 0 bridgehead atoms. The predicted molar refractivity (Wildman–Crippen MR) is 90.9 cm³/mol. The van der Waals surface area contributed by atoms with Crippen LogP contribution in [0.2, 0.25) is 0 Å². The van der Waals surface area contributed by atoms with E-state index < -0.39 is 0 Å². The highest BCUT2D eigenvalue weighted by atomic mass is 16.5. The van der Waals surface area contributed by atoms with Gasteiger partial charge in [-0.15, -0.1) is 0 Å². The average molecular weight is 303 g/mol. The molecule has 1 aromatic rings. The summed E-state index contributed by atoms with van der Waals surface area (Å²) in [4.78, 5) is 12.2. The molecule has 3 nitrogen and oxygen atoms in total. The van der Waals surface area contributed by atoms with Crippen molar-refractivity contribution in [1.82, 2.24) is 0 Å². The Morgan fingerprint density at radius 1 is 1.18 bits per heavy atom. The zero-order chi connectivity index (χ0) is 15.9. The van der Waals surface area contributed by atoms with Crippen LogP contribution in [0.4, 0.5) is 5.69 Å². The van der Waals surface area contributed by atoms with Gasteiger partial charge in [0, 0.05) is 5.69 Å². The molecule has 0 radical (unpaired) electrons. The molecule has 1 aliphatic rings. The highest BCUT2D eigenvalue weighted by molar-refractivity contribution is 5.90. The Morgan fingerprint density at radius 2 is 1.91 bits per heavy atom. The smallest absolute Gasteiger partial charge is 0.338 e. The second kappa shape index (κ2) is 8.21. The van der Waals surface area contributed by atoms with Crippen LogP contribution in [0.3, 0.4) is 0 Å². The number of ether oxygens (including phenoxy) is 1. The predicted octanol–water partition coefficient (Wildman–Crippen LogP) is 4.87. The molecule has 1 aliphatic carbocycles. The normalized spacial score (nSPS) is 21.5. The summed E-state index contributed by atoms with van der Waals surface area (Å²) in [6.45, 7) is 4.18. The third kappa shape index (κ3) is 5.04. The Morgan fingerprint density at radius 3 is 2.55 bits per heavy atom. The summed E-state index contributed by atoms with van der Waals surface area (Å²) in [7, 11) is 0. The molecule has 0 saturated heterocycles. The topological polar surface area (TPSA) is 52.3 Å². The van der Waals surface area contributed by atoms with Crippen LogP contribution < -0.4 is 5.73 Å². The Bertz CT molecular complexity index is 470. The van der Waals surface area contributed by atoms with Crippen molar-refractivity contribution in [3.8, 4) is 0 Å². The Hall–Kier alpha value is -1.51. The number of hydrogen-bond acceptors (Lipinski definition) is 3. The van der Waals surface area contributed by atoms with Gasteiger partial charge >= 0.3 is 5.97 Å². The molecule has 1 aromatic carbocycles. The minimum atomic E-state index is -0.232. The number of aryl methyl sites for hydroxylation is 1. The molecule has 0 unspecified atom stereocenters. The summed E-state index contributed by atoms with van der Waals surface area (Å²) in [5.74, 6) is 0.598. The molecule has 0 heterocycles. The number of carbonyl (C=O) groups is 1. The highest BCUT2D eigenvalue weighted by Gasteiger charge is 2.24. The van der Waals surface area contributed by atoms with Gasteiger partial charge in [-0.05, 0) is 62.3 Å². The minimum Gasteiger partial charge on any atom is -0.459 e. The van der Waals surface area contributed by atoms with Crippen molar-refractivity contribution < 1.29 is 9.53 Å². The first-order valence-electron chi connectivity index (χ1n) is 8.66. The molecule has 1 saturated carbocycles. The zero-order valence-corrected chi connectivity index (χ0v) is 13.9. The van der Waals surface area contributed by atoms with Gasteiger partial charge in [0.2, 0.25) is 0 Å². The number of nitrogen functional groups attached to an aromatic ring is 1. The van der Waals surface area contributed by atoms with Crippen LogP contribution in [-0.4, -0.2) is 12.1 Å². The van der Waals surface area contributed by atoms with E-state index >= 15 is 0 Å². The quantitative estimate of drug-likeness (QED) is 0.463. The van der Waals surface area contributed by atoms with Gasteiger partial charge in [0.05, 0.1) is 5.56 Å². The molecule has 122 valence electrons. The first-order valence-corrected chi connectivity index (χ1v) is 8.66. The maximum atomic E-state index is 12.2. The van der Waals surface area contributed by atoms with E-state index in [1.165, 1.54) is 38.5 Å². The summed E-state index contributed by atoms with van der Waals surface area (Å²) in [6, 6.07) is 5.40. The summed E-state index contributed by atoms with van der Waals surface area (Å²) in [6.07, 6.45) is 9.77.